The van der Waals surface area contributed by atoms with Crippen LogP contribution in [0, 0.1) is 17.8 Å². The first-order valence-corrected chi connectivity index (χ1v) is 7.24. The highest BCUT2D eigenvalue weighted by molar-refractivity contribution is 4.84. The summed E-state index contributed by atoms with van der Waals surface area (Å²) in [6, 6.07) is 0.585. The smallest absolute Gasteiger partial charge is 0.0218 e. The fourth-order valence-electron chi connectivity index (χ4n) is 3.15. The molecule has 0 amide bonds. The maximum atomic E-state index is 5.92. The number of nitrogens with one attached hydrogen (secondary N) is 1. The summed E-state index contributed by atoms with van der Waals surface area (Å²) < 4.78 is 0. The monoisotopic (exact) mass is 224 g/mol. The van der Waals surface area contributed by atoms with Gasteiger partial charge < -0.3 is 11.1 Å². The molecule has 3 N–H and O–H groups in total. The summed E-state index contributed by atoms with van der Waals surface area (Å²) in [7, 11) is 0. The maximum absolute atomic E-state index is 5.92. The maximum Gasteiger partial charge on any atom is 0.0218 e. The Balaban J connectivity index is 1.70. The first kappa shape index (κ1) is 12.4. The van der Waals surface area contributed by atoms with Gasteiger partial charge in [-0.2, -0.15) is 0 Å². The Kier molecular flexibility index (Phi) is 4.66. The van der Waals surface area contributed by atoms with Crippen molar-refractivity contribution >= 4 is 0 Å². The zero-order chi connectivity index (χ0) is 11.4. The molecule has 0 aromatic rings. The van der Waals surface area contributed by atoms with Gasteiger partial charge in [-0.3, -0.25) is 0 Å². The summed E-state index contributed by atoms with van der Waals surface area (Å²) >= 11 is 0. The molecule has 2 unspecified atom stereocenters. The number of rotatable bonds is 6. The second-order valence-electron chi connectivity index (χ2n) is 5.96. The van der Waals surface area contributed by atoms with E-state index in [1.165, 1.54) is 51.5 Å². The van der Waals surface area contributed by atoms with Crippen molar-refractivity contribution in [2.24, 2.45) is 23.5 Å². The van der Waals surface area contributed by atoms with Gasteiger partial charge in [0.15, 0.2) is 0 Å². The molecule has 2 saturated carbocycles. The highest BCUT2D eigenvalue weighted by Gasteiger charge is 2.29. The normalized spacial score (nSPS) is 26.6. The molecular weight excluding hydrogens is 196 g/mol. The van der Waals surface area contributed by atoms with E-state index in [9.17, 15) is 0 Å². The van der Waals surface area contributed by atoms with Gasteiger partial charge >= 0.3 is 0 Å². The molecule has 2 nitrogen and oxygen atoms in total. The van der Waals surface area contributed by atoms with Crippen molar-refractivity contribution in [1.82, 2.24) is 5.32 Å². The van der Waals surface area contributed by atoms with Crippen molar-refractivity contribution in [3.05, 3.63) is 0 Å². The zero-order valence-corrected chi connectivity index (χ0v) is 10.8. The first-order chi connectivity index (χ1) is 7.81. The second-order valence-corrected chi connectivity index (χ2v) is 5.96. The van der Waals surface area contributed by atoms with Crippen molar-refractivity contribution in [2.45, 2.75) is 57.9 Å². The molecule has 2 heteroatoms. The lowest BCUT2D eigenvalue weighted by atomic mass is 9.83. The van der Waals surface area contributed by atoms with Crippen molar-refractivity contribution in [3.63, 3.8) is 0 Å². The van der Waals surface area contributed by atoms with Gasteiger partial charge in [0.05, 0.1) is 0 Å². The average molecular weight is 224 g/mol. The highest BCUT2D eigenvalue weighted by Crippen LogP contribution is 2.36. The molecule has 0 bridgehead atoms. The minimum absolute atomic E-state index is 0.585. The summed E-state index contributed by atoms with van der Waals surface area (Å²) in [6.45, 7) is 4.39. The van der Waals surface area contributed by atoms with Crippen LogP contribution in [0.2, 0.25) is 0 Å². The second kappa shape index (κ2) is 6.02. The molecule has 2 fully saturated rings. The molecule has 2 atom stereocenters. The van der Waals surface area contributed by atoms with E-state index >= 15 is 0 Å². The molecule has 0 spiro atoms. The van der Waals surface area contributed by atoms with E-state index < -0.39 is 0 Å². The fourth-order valence-corrected chi connectivity index (χ4v) is 3.15. The number of hydrogen-bond donors (Lipinski definition) is 2. The van der Waals surface area contributed by atoms with Crippen LogP contribution in [-0.4, -0.2) is 19.1 Å². The van der Waals surface area contributed by atoms with Gasteiger partial charge in [0.2, 0.25) is 0 Å². The van der Waals surface area contributed by atoms with E-state index in [1.54, 1.807) is 0 Å². The van der Waals surface area contributed by atoms with Crippen molar-refractivity contribution in [2.75, 3.05) is 13.1 Å². The van der Waals surface area contributed by atoms with Gasteiger partial charge in [-0.15, -0.1) is 0 Å². The first-order valence-electron chi connectivity index (χ1n) is 7.24. The van der Waals surface area contributed by atoms with Gasteiger partial charge in [0, 0.05) is 12.6 Å². The molecule has 0 aromatic heterocycles. The van der Waals surface area contributed by atoms with E-state index in [0.29, 0.717) is 6.04 Å². The van der Waals surface area contributed by atoms with Gasteiger partial charge in [-0.05, 0) is 50.0 Å². The third-order valence-corrected chi connectivity index (χ3v) is 4.60. The van der Waals surface area contributed by atoms with Crippen LogP contribution >= 0.6 is 0 Å². The van der Waals surface area contributed by atoms with Crippen LogP contribution in [0.3, 0.4) is 0 Å². The third kappa shape index (κ3) is 3.46. The lowest BCUT2D eigenvalue weighted by Gasteiger charge is -2.31. The Labute approximate surface area is 100 Å². The predicted octanol–water partition coefficient (Wildman–Crippen LogP) is 2.53. The molecule has 16 heavy (non-hydrogen) atoms. The highest BCUT2D eigenvalue weighted by atomic mass is 14.9. The van der Waals surface area contributed by atoms with Gasteiger partial charge in [-0.25, -0.2) is 0 Å². The van der Waals surface area contributed by atoms with Crippen LogP contribution < -0.4 is 11.1 Å². The van der Waals surface area contributed by atoms with E-state index in [4.69, 9.17) is 5.73 Å². The molecule has 0 aliphatic heterocycles. The van der Waals surface area contributed by atoms with Gasteiger partial charge in [0.1, 0.15) is 0 Å². The SMILES string of the molecule is CC(CNC(CN)C1CCCCC1)C1CC1. The van der Waals surface area contributed by atoms with Gasteiger partial charge in [-0.1, -0.05) is 26.2 Å². The van der Waals surface area contributed by atoms with E-state index in [1.807, 2.05) is 0 Å². The largest absolute Gasteiger partial charge is 0.329 e. The Morgan fingerprint density at radius 2 is 1.75 bits per heavy atom. The van der Waals surface area contributed by atoms with Crippen LogP contribution in [0.5, 0.6) is 0 Å². The molecule has 0 aromatic carbocycles. The summed E-state index contributed by atoms with van der Waals surface area (Å²) in [4.78, 5) is 0. The third-order valence-electron chi connectivity index (χ3n) is 4.60. The minimum Gasteiger partial charge on any atom is -0.329 e. The standard InChI is InChI=1S/C14H28N2/c1-11(12-7-8-12)10-16-14(9-15)13-5-3-2-4-6-13/h11-14,16H,2-10,15H2,1H3. The Morgan fingerprint density at radius 3 is 2.31 bits per heavy atom. The molecule has 2 aliphatic carbocycles. The Bertz CT molecular complexity index is 195. The molecule has 94 valence electrons. The molecule has 2 rings (SSSR count). The van der Waals surface area contributed by atoms with Crippen LogP contribution in [0.1, 0.15) is 51.9 Å². The fraction of sp³-hybridized carbons (Fsp3) is 1.00. The lowest BCUT2D eigenvalue weighted by molar-refractivity contribution is 0.261. The van der Waals surface area contributed by atoms with Crippen LogP contribution in [0.15, 0.2) is 0 Å². The van der Waals surface area contributed by atoms with Crippen molar-refractivity contribution in [1.29, 1.82) is 0 Å². The predicted molar refractivity (Wildman–Crippen MR) is 69.3 cm³/mol. The summed E-state index contributed by atoms with van der Waals surface area (Å²) in [5.41, 5.74) is 5.92. The molecular formula is C14H28N2. The molecule has 2 aliphatic rings. The number of hydrogen-bond acceptors (Lipinski definition) is 2. The quantitative estimate of drug-likeness (QED) is 0.727. The summed E-state index contributed by atoms with van der Waals surface area (Å²) in [6.07, 6.45) is 9.98. The van der Waals surface area contributed by atoms with Crippen LogP contribution in [0.4, 0.5) is 0 Å². The Morgan fingerprint density at radius 1 is 1.06 bits per heavy atom. The molecule has 0 saturated heterocycles. The zero-order valence-electron chi connectivity index (χ0n) is 10.8. The Hall–Kier alpha value is -0.0800. The average Bonchev–Trinajstić information content (AvgIpc) is 3.15. The molecule has 0 radical (unpaired) electrons. The van der Waals surface area contributed by atoms with E-state index in [0.717, 1.165) is 24.3 Å². The lowest BCUT2D eigenvalue weighted by Crippen LogP contribution is -2.44. The molecule has 0 heterocycles. The summed E-state index contributed by atoms with van der Waals surface area (Å²) in [5, 5.41) is 3.74. The van der Waals surface area contributed by atoms with Crippen molar-refractivity contribution in [3.8, 4) is 0 Å². The van der Waals surface area contributed by atoms with Crippen LogP contribution in [0.25, 0.3) is 0 Å². The van der Waals surface area contributed by atoms with Crippen molar-refractivity contribution < 1.29 is 0 Å². The summed E-state index contributed by atoms with van der Waals surface area (Å²) in [5.74, 6) is 2.72. The number of nitrogens with two attached hydrogens (primary N) is 1. The topological polar surface area (TPSA) is 38.0 Å². The minimum atomic E-state index is 0.585. The van der Waals surface area contributed by atoms with E-state index in [2.05, 4.69) is 12.2 Å². The van der Waals surface area contributed by atoms with Crippen LogP contribution in [-0.2, 0) is 0 Å². The van der Waals surface area contributed by atoms with E-state index in [-0.39, 0.29) is 0 Å². The van der Waals surface area contributed by atoms with Gasteiger partial charge in [0.25, 0.3) is 0 Å².